The van der Waals surface area contributed by atoms with Crippen molar-refractivity contribution in [1.29, 1.82) is 0 Å². The molecular formula is C115H74Ir4N6O12P2-4. The zero-order valence-electron chi connectivity index (χ0n) is 73.8. The van der Waals surface area contributed by atoms with Gasteiger partial charge in [-0.15, -0.1) is 22.3 Å². The molecule has 18 nitrogen and oxygen atoms in total. The summed E-state index contributed by atoms with van der Waals surface area (Å²) in [5, 5.41) is 26.8. The quantitative estimate of drug-likeness (QED) is 0.0711. The van der Waals surface area contributed by atoms with Crippen molar-refractivity contribution in [1.82, 2.24) is 19.9 Å². The number of benzene rings is 16. The average Bonchev–Trinajstić information content (AvgIpc) is 0.736. The number of carbonyl (C=O) groups excluding carboxylic acids is 2. The summed E-state index contributed by atoms with van der Waals surface area (Å²) in [4.78, 5) is 41.8. The van der Waals surface area contributed by atoms with Crippen molar-refractivity contribution in [2.45, 2.75) is 13.8 Å². The third-order valence-corrected chi connectivity index (χ3v) is 28.4. The summed E-state index contributed by atoms with van der Waals surface area (Å²) in [5.74, 6) is 12.6. The van der Waals surface area contributed by atoms with Gasteiger partial charge in [-0.2, -0.15) is 0 Å². The van der Waals surface area contributed by atoms with Crippen molar-refractivity contribution in [2.75, 3.05) is 16.9 Å². The minimum Gasteiger partial charge on any atom is -0.512 e. The molecule has 0 saturated heterocycles. The molecule has 686 valence electrons. The molecule has 20 aromatic rings. The number of carbonyl (C=O) groups is 2. The number of pyridine rings is 4. The first-order valence-electron chi connectivity index (χ1n) is 43.4. The van der Waals surface area contributed by atoms with Gasteiger partial charge in [0.25, 0.3) is 0 Å². The van der Waals surface area contributed by atoms with Crippen molar-refractivity contribution in [3.8, 4) is 137 Å². The monoisotopic (exact) mass is 2560 g/mol. The Balaban J connectivity index is 0.000000117. The van der Waals surface area contributed by atoms with E-state index in [4.69, 9.17) is 72.8 Å². The first kappa shape index (κ1) is 94.8. The minimum atomic E-state index is -0.762. The minimum absolute atomic E-state index is 0. The number of aromatic nitrogens is 4. The van der Waals surface area contributed by atoms with Crippen LogP contribution in [0.15, 0.2) is 376 Å². The van der Waals surface area contributed by atoms with Gasteiger partial charge in [-0.1, -0.05) is 291 Å². The number of ketones is 1. The van der Waals surface area contributed by atoms with Crippen LogP contribution in [0.3, 0.4) is 0 Å². The second-order valence-corrected chi connectivity index (χ2v) is 35.9. The Morgan fingerprint density at radius 3 is 0.806 bits per heavy atom. The Morgan fingerprint density at radius 1 is 0.288 bits per heavy atom. The van der Waals surface area contributed by atoms with Gasteiger partial charge in [0, 0.05) is 126 Å². The third-order valence-electron chi connectivity index (χ3n) is 23.3. The number of allylic oxidation sites excluding steroid dienone is 2. The van der Waals surface area contributed by atoms with E-state index >= 15 is 0 Å². The van der Waals surface area contributed by atoms with Gasteiger partial charge < -0.3 is 62.7 Å². The predicted molar refractivity (Wildman–Crippen MR) is 534 cm³/mol. The van der Waals surface area contributed by atoms with Crippen molar-refractivity contribution in [3.63, 3.8) is 0 Å². The molecule has 12 heterocycles. The van der Waals surface area contributed by atoms with Crippen LogP contribution in [-0.2, 0) is 90.0 Å². The Kier molecular flexibility index (Phi) is 28.0. The molecule has 8 aliphatic rings. The molecule has 0 spiro atoms. The fraction of sp³-hybridized carbons (Fsp3) is 0.0261. The van der Waals surface area contributed by atoms with Crippen LogP contribution in [-0.4, -0.2) is 49.8 Å². The topological polar surface area (TPSA) is 206 Å². The Bertz CT molecular complexity index is 7020. The number of hydrogen-bond acceptors (Lipinski definition) is 18. The smallest absolute Gasteiger partial charge is 0.155 e. The van der Waals surface area contributed by atoms with Gasteiger partial charge in [0.05, 0.1) is 96.6 Å². The second-order valence-electron chi connectivity index (χ2n) is 31.8. The van der Waals surface area contributed by atoms with Crippen molar-refractivity contribution < 1.29 is 138 Å². The van der Waals surface area contributed by atoms with Crippen LogP contribution in [0, 0.1) is 24.3 Å². The maximum absolute atomic E-state index is 10.0. The molecule has 28 rings (SSSR count). The second kappa shape index (κ2) is 41.0. The number of anilines is 6. The van der Waals surface area contributed by atoms with E-state index in [1.807, 2.05) is 237 Å². The molecule has 0 fully saturated rings. The van der Waals surface area contributed by atoms with E-state index in [1.165, 1.54) is 41.1 Å². The predicted octanol–water partition coefficient (Wildman–Crippen LogP) is 26.6. The molecule has 0 aliphatic carbocycles. The zero-order valence-corrected chi connectivity index (χ0v) is 85.2. The number of fused-ring (bicyclic) bond motifs is 20. The number of hydrogen-bond donors (Lipinski definition) is 2. The number of aliphatic hydroxyl groups is 2. The molecule has 24 heteroatoms. The van der Waals surface area contributed by atoms with Crippen LogP contribution in [0.4, 0.5) is 34.1 Å². The first-order chi connectivity index (χ1) is 66.5. The van der Waals surface area contributed by atoms with Crippen LogP contribution in [0.1, 0.15) is 13.8 Å². The maximum Gasteiger partial charge on any atom is 0.155 e. The maximum atomic E-state index is 10.0. The average molecular weight is 2560 g/mol. The number of aliphatic hydroxyl groups excluding tert-OH is 2. The molecule has 2 unspecified atom stereocenters. The van der Waals surface area contributed by atoms with E-state index in [0.29, 0.717) is 11.5 Å². The third kappa shape index (κ3) is 18.1. The van der Waals surface area contributed by atoms with Gasteiger partial charge in [-0.3, -0.25) is 24.7 Å². The number of para-hydroxylation sites is 16. The molecule has 2 N–H and O–H groups in total. The van der Waals surface area contributed by atoms with Crippen LogP contribution in [0.25, 0.3) is 88.6 Å². The fourth-order valence-corrected chi connectivity index (χ4v) is 22.6. The van der Waals surface area contributed by atoms with Crippen LogP contribution < -0.4 is 79.5 Å². The summed E-state index contributed by atoms with van der Waals surface area (Å²) in [6.07, 6.45) is 1.17. The summed E-state index contributed by atoms with van der Waals surface area (Å²) in [6, 6.07) is 136. The summed E-state index contributed by atoms with van der Waals surface area (Å²) in [7, 11) is -0.525. The Labute approximate surface area is 856 Å². The van der Waals surface area contributed by atoms with Crippen molar-refractivity contribution >= 4 is 138 Å². The Hall–Kier alpha value is -14.5. The van der Waals surface area contributed by atoms with Gasteiger partial charge in [0.15, 0.2) is 5.78 Å². The van der Waals surface area contributed by atoms with E-state index in [0.717, 1.165) is 221 Å². The van der Waals surface area contributed by atoms with E-state index in [1.54, 1.807) is 0 Å². The molecule has 139 heavy (non-hydrogen) atoms. The van der Waals surface area contributed by atoms with E-state index in [9.17, 15) is 4.79 Å². The van der Waals surface area contributed by atoms with E-state index in [-0.39, 0.29) is 92.0 Å². The Morgan fingerprint density at radius 2 is 0.518 bits per heavy atom. The standard InChI is InChI=1S/2C27H15N2O2.2C27H15NO2P.C5H8O2.CH4O.CH2O.4Ir/c2*1-2-8-19-17(7-1)13-14-20(28-19)18-15-25-27-26(16-18)31-24-12-6-4-10-22(24)29(27)21-9-3-5-11-23(21)30-25;2*1-2-8-19-17(7-1)13-14-20(28-19)18-15-23-27-24(16-18)30-22-10-4-6-12-26(22)31(27)25-11-5-3-9-21(25)29-23;1-4(6)3-5(2)7;2*1-2;;;;/h4*1-15H;3,6H,1-2H3;2H,1H3;1H2;;;;/q4*-1;;;;;;;. The number of nitrogens with zero attached hydrogens (tertiary/aromatic N) is 6. The molecule has 16 aromatic carbocycles. The van der Waals surface area contributed by atoms with Crippen molar-refractivity contribution in [2.24, 2.45) is 0 Å². The van der Waals surface area contributed by atoms with Crippen molar-refractivity contribution in [3.05, 3.63) is 400 Å². The molecular weight excluding hydrogens is 2490 g/mol. The van der Waals surface area contributed by atoms with E-state index < -0.39 is 15.8 Å². The zero-order chi connectivity index (χ0) is 91.3. The normalized spacial score (nSPS) is 13.3. The van der Waals surface area contributed by atoms with Gasteiger partial charge in [-0.05, 0) is 182 Å². The summed E-state index contributed by atoms with van der Waals surface area (Å²) in [6.45, 7) is 4.85. The van der Waals surface area contributed by atoms with Gasteiger partial charge in [0.1, 0.15) is 52.8 Å². The largest absolute Gasteiger partial charge is 0.512 e. The molecule has 0 amide bonds. The summed E-state index contributed by atoms with van der Waals surface area (Å²) in [5.41, 5.74) is 16.2. The van der Waals surface area contributed by atoms with Crippen LogP contribution in [0.2, 0.25) is 0 Å². The van der Waals surface area contributed by atoms with Crippen LogP contribution in [0.5, 0.6) is 92.0 Å². The molecule has 4 radical (unpaired) electrons. The van der Waals surface area contributed by atoms with E-state index in [2.05, 4.69) is 168 Å². The fourth-order valence-electron chi connectivity index (χ4n) is 17.5. The van der Waals surface area contributed by atoms with Gasteiger partial charge in [-0.25, -0.2) is 0 Å². The summed E-state index contributed by atoms with van der Waals surface area (Å²) < 4.78 is 50.6. The van der Waals surface area contributed by atoms with Gasteiger partial charge in [0.2, 0.25) is 0 Å². The molecule has 4 aromatic heterocycles. The van der Waals surface area contributed by atoms with Gasteiger partial charge >= 0.3 is 0 Å². The number of ether oxygens (including phenoxy) is 8. The number of rotatable bonds is 5. The van der Waals surface area contributed by atoms with Crippen LogP contribution >= 0.6 is 15.8 Å². The first-order valence-corrected chi connectivity index (χ1v) is 46.0. The SMILES string of the molecule is C=O.CC(=O)C=C(C)O.CO.[Ir].[Ir].[Ir].[Ir].[c-]1c(-c2ccc3ccccc3n2)cc2c3c1Oc1ccccc1N3c1ccccc1O2.[c-]1c(-c2ccc3ccccc3n2)cc2c3c1Oc1ccccc1N3c1ccccc1O2.[c-]1c(-c2ccc3ccccc3n2)cc2c3c1Oc1ccccc1P3c1ccccc1O2.[c-]1c(-c2ccc3ccccc3n2)cc2c3c1Oc1ccccc1P3c1ccccc1O2. The molecule has 0 saturated carbocycles. The molecule has 2 atom stereocenters. The molecule has 0 bridgehead atoms. The molecule has 8 aliphatic heterocycles. The summed E-state index contributed by atoms with van der Waals surface area (Å²) >= 11 is 0.